The van der Waals surface area contributed by atoms with Crippen molar-refractivity contribution in [3.63, 3.8) is 0 Å². The molecule has 0 saturated heterocycles. The molecule has 0 fully saturated rings. The molecule has 1 rings (SSSR count). The summed E-state index contributed by atoms with van der Waals surface area (Å²) in [6, 6.07) is 4.89. The van der Waals surface area contributed by atoms with Crippen LogP contribution in [0.2, 0.25) is 19.6 Å². The average Bonchev–Trinajstić information content (AvgIpc) is 2.44. The summed E-state index contributed by atoms with van der Waals surface area (Å²) in [7, 11) is -1.52. The van der Waals surface area contributed by atoms with E-state index in [1.165, 1.54) is 0 Å². The Morgan fingerprint density at radius 1 is 1.00 bits per heavy atom. The van der Waals surface area contributed by atoms with E-state index < -0.39 is 20.0 Å². The highest BCUT2D eigenvalue weighted by Crippen LogP contribution is 2.15. The minimum atomic E-state index is -1.52. The number of ether oxygens (including phenoxy) is 2. The van der Waals surface area contributed by atoms with E-state index in [9.17, 15) is 9.59 Å². The number of carbonyl (C=O) groups is 2. The molecule has 0 radical (unpaired) electrons. The standard InChI is InChI=1S/C17H22O4Si/c1-6-20-16(18)14-9-8-13(10-11-22(3,4)5)12-15(14)17(19)21-7-2/h8-9,12H,6-7H2,1-5H3. The van der Waals surface area contributed by atoms with Gasteiger partial charge in [-0.25, -0.2) is 9.59 Å². The number of carbonyl (C=O) groups excluding carboxylic acids is 2. The lowest BCUT2D eigenvalue weighted by Gasteiger charge is -2.09. The largest absolute Gasteiger partial charge is 0.462 e. The lowest BCUT2D eigenvalue weighted by Crippen LogP contribution is -2.16. The molecule has 118 valence electrons. The van der Waals surface area contributed by atoms with Gasteiger partial charge in [0.25, 0.3) is 0 Å². The third kappa shape index (κ3) is 5.38. The van der Waals surface area contributed by atoms with Crippen LogP contribution in [-0.4, -0.2) is 33.2 Å². The molecule has 1 aromatic carbocycles. The molecule has 0 aliphatic carbocycles. The Morgan fingerprint density at radius 3 is 2.05 bits per heavy atom. The molecule has 0 aliphatic heterocycles. The summed E-state index contributed by atoms with van der Waals surface area (Å²) in [5.74, 6) is 2.00. The van der Waals surface area contributed by atoms with Crippen LogP contribution in [0.3, 0.4) is 0 Å². The van der Waals surface area contributed by atoms with Gasteiger partial charge in [-0.05, 0) is 32.0 Å². The molecule has 0 N–H and O–H groups in total. The van der Waals surface area contributed by atoms with Gasteiger partial charge in [0.1, 0.15) is 8.07 Å². The normalized spacial score (nSPS) is 10.4. The van der Waals surface area contributed by atoms with Crippen molar-refractivity contribution in [2.75, 3.05) is 13.2 Å². The molecule has 0 saturated carbocycles. The highest BCUT2D eigenvalue weighted by molar-refractivity contribution is 6.83. The van der Waals surface area contributed by atoms with Gasteiger partial charge in [-0.15, -0.1) is 5.54 Å². The van der Waals surface area contributed by atoms with E-state index >= 15 is 0 Å². The summed E-state index contributed by atoms with van der Waals surface area (Å²) in [4.78, 5) is 24.0. The van der Waals surface area contributed by atoms with Crippen molar-refractivity contribution in [1.29, 1.82) is 0 Å². The third-order valence-electron chi connectivity index (χ3n) is 2.59. The maximum Gasteiger partial charge on any atom is 0.339 e. The fourth-order valence-corrected chi connectivity index (χ4v) is 2.17. The van der Waals surface area contributed by atoms with Crippen molar-refractivity contribution in [3.8, 4) is 11.5 Å². The molecule has 0 aliphatic rings. The topological polar surface area (TPSA) is 52.6 Å². The summed E-state index contributed by atoms with van der Waals surface area (Å²) in [5, 5.41) is 0. The summed E-state index contributed by atoms with van der Waals surface area (Å²) < 4.78 is 9.99. The van der Waals surface area contributed by atoms with Crippen LogP contribution in [0.5, 0.6) is 0 Å². The molecule has 4 nitrogen and oxygen atoms in total. The highest BCUT2D eigenvalue weighted by atomic mass is 28.3. The first-order valence-corrected chi connectivity index (χ1v) is 10.8. The van der Waals surface area contributed by atoms with Crippen molar-refractivity contribution in [1.82, 2.24) is 0 Å². The predicted molar refractivity (Wildman–Crippen MR) is 88.6 cm³/mol. The fourth-order valence-electron chi connectivity index (χ4n) is 1.65. The van der Waals surface area contributed by atoms with E-state index in [2.05, 4.69) is 31.1 Å². The number of hydrogen-bond donors (Lipinski definition) is 0. The van der Waals surface area contributed by atoms with Crippen molar-refractivity contribution < 1.29 is 19.1 Å². The molecule has 0 bridgehead atoms. The van der Waals surface area contributed by atoms with Gasteiger partial charge in [-0.2, -0.15) is 0 Å². The van der Waals surface area contributed by atoms with Crippen LogP contribution < -0.4 is 0 Å². The fraction of sp³-hybridized carbons (Fsp3) is 0.412. The van der Waals surface area contributed by atoms with E-state index in [1.54, 1.807) is 32.0 Å². The number of benzene rings is 1. The van der Waals surface area contributed by atoms with Gasteiger partial charge < -0.3 is 9.47 Å². The van der Waals surface area contributed by atoms with Crippen LogP contribution >= 0.6 is 0 Å². The van der Waals surface area contributed by atoms with E-state index in [0.717, 1.165) is 0 Å². The Morgan fingerprint density at radius 2 is 1.55 bits per heavy atom. The number of rotatable bonds is 4. The molecule has 0 heterocycles. The zero-order valence-corrected chi connectivity index (χ0v) is 14.8. The van der Waals surface area contributed by atoms with Crippen molar-refractivity contribution >= 4 is 20.0 Å². The lowest BCUT2D eigenvalue weighted by molar-refractivity contribution is 0.0479. The molecule has 0 unspecified atom stereocenters. The molecule has 1 aromatic rings. The van der Waals surface area contributed by atoms with Crippen LogP contribution in [0.25, 0.3) is 0 Å². The van der Waals surface area contributed by atoms with E-state index in [-0.39, 0.29) is 24.3 Å². The van der Waals surface area contributed by atoms with Crippen LogP contribution in [0.4, 0.5) is 0 Å². The van der Waals surface area contributed by atoms with Crippen molar-refractivity contribution in [2.24, 2.45) is 0 Å². The van der Waals surface area contributed by atoms with Gasteiger partial charge in [0.05, 0.1) is 24.3 Å². The maximum atomic E-state index is 12.1. The van der Waals surface area contributed by atoms with E-state index in [0.29, 0.717) is 5.56 Å². The van der Waals surface area contributed by atoms with Crippen LogP contribution in [0, 0.1) is 11.5 Å². The zero-order valence-electron chi connectivity index (χ0n) is 13.8. The molecular weight excluding hydrogens is 296 g/mol. The SMILES string of the molecule is CCOC(=O)c1ccc(C#C[Si](C)(C)C)cc1C(=O)OCC. The minimum Gasteiger partial charge on any atom is -0.462 e. The molecule has 0 atom stereocenters. The first kappa shape index (κ1) is 18.0. The number of hydrogen-bond acceptors (Lipinski definition) is 4. The van der Waals surface area contributed by atoms with Gasteiger partial charge in [-0.1, -0.05) is 25.6 Å². The Kier molecular flexibility index (Phi) is 6.38. The molecule has 5 heteroatoms. The molecular formula is C17H22O4Si. The van der Waals surface area contributed by atoms with Gasteiger partial charge in [0.15, 0.2) is 0 Å². The maximum absolute atomic E-state index is 12.1. The van der Waals surface area contributed by atoms with Gasteiger partial charge in [0, 0.05) is 5.56 Å². The molecule has 0 aromatic heterocycles. The van der Waals surface area contributed by atoms with Crippen molar-refractivity contribution in [2.45, 2.75) is 33.5 Å². The summed E-state index contributed by atoms with van der Waals surface area (Å²) in [6.45, 7) is 10.3. The van der Waals surface area contributed by atoms with Crippen LogP contribution in [0.1, 0.15) is 40.1 Å². The van der Waals surface area contributed by atoms with Crippen molar-refractivity contribution in [3.05, 3.63) is 34.9 Å². The Bertz CT molecular complexity index is 618. The Labute approximate surface area is 132 Å². The smallest absolute Gasteiger partial charge is 0.339 e. The number of esters is 2. The molecule has 22 heavy (non-hydrogen) atoms. The summed E-state index contributed by atoms with van der Waals surface area (Å²) in [5.41, 5.74) is 4.33. The van der Waals surface area contributed by atoms with Crippen LogP contribution in [0.15, 0.2) is 18.2 Å². The average molecular weight is 318 g/mol. The van der Waals surface area contributed by atoms with Crippen LogP contribution in [-0.2, 0) is 9.47 Å². The zero-order chi connectivity index (χ0) is 16.8. The van der Waals surface area contributed by atoms with E-state index in [1.807, 2.05) is 0 Å². The lowest BCUT2D eigenvalue weighted by atomic mass is 10.0. The van der Waals surface area contributed by atoms with Gasteiger partial charge in [-0.3, -0.25) is 0 Å². The quantitative estimate of drug-likeness (QED) is 0.486. The van der Waals surface area contributed by atoms with E-state index in [4.69, 9.17) is 9.47 Å². The molecule has 0 spiro atoms. The van der Waals surface area contributed by atoms with Gasteiger partial charge in [0.2, 0.25) is 0 Å². The first-order chi connectivity index (χ1) is 10.3. The van der Waals surface area contributed by atoms with Gasteiger partial charge >= 0.3 is 11.9 Å². The first-order valence-electron chi connectivity index (χ1n) is 7.30. The Hall–Kier alpha value is -2.06. The monoisotopic (exact) mass is 318 g/mol. The Balaban J connectivity index is 3.27. The highest BCUT2D eigenvalue weighted by Gasteiger charge is 2.19. The summed E-state index contributed by atoms with van der Waals surface area (Å²) >= 11 is 0. The summed E-state index contributed by atoms with van der Waals surface area (Å²) in [6.07, 6.45) is 0. The second-order valence-corrected chi connectivity index (χ2v) is 10.5. The minimum absolute atomic E-state index is 0.197. The molecule has 0 amide bonds. The second-order valence-electron chi connectivity index (χ2n) is 5.70. The second kappa shape index (κ2) is 7.81. The third-order valence-corrected chi connectivity index (χ3v) is 3.47. The predicted octanol–water partition coefficient (Wildman–Crippen LogP) is 3.27.